The Labute approximate surface area is 152 Å². The second-order valence-electron chi connectivity index (χ2n) is 6.36. The molecule has 1 aliphatic heterocycles. The van der Waals surface area contributed by atoms with E-state index in [1.54, 1.807) is 0 Å². The normalized spacial score (nSPS) is 15.8. The van der Waals surface area contributed by atoms with Crippen molar-refractivity contribution in [1.29, 1.82) is 0 Å². The number of para-hydroxylation sites is 1. The maximum absolute atomic E-state index is 12.6. The SMILES string of the molecule is Cc1oc(-c2ccccc2)nc1CC(=O)NC1CCOc2ccccc21. The van der Waals surface area contributed by atoms with E-state index in [2.05, 4.69) is 10.3 Å². The molecule has 3 aromatic rings. The highest BCUT2D eigenvalue weighted by Crippen LogP contribution is 2.31. The highest BCUT2D eigenvalue weighted by Gasteiger charge is 2.23. The van der Waals surface area contributed by atoms with Crippen molar-refractivity contribution < 1.29 is 13.9 Å². The summed E-state index contributed by atoms with van der Waals surface area (Å²) in [6, 6.07) is 17.5. The number of hydrogen-bond donors (Lipinski definition) is 1. The largest absolute Gasteiger partial charge is 0.493 e. The lowest BCUT2D eigenvalue weighted by molar-refractivity contribution is -0.121. The fraction of sp³-hybridized carbons (Fsp3) is 0.238. The van der Waals surface area contributed by atoms with Crippen molar-refractivity contribution >= 4 is 5.91 Å². The molecule has 0 saturated carbocycles. The number of nitrogens with one attached hydrogen (secondary N) is 1. The van der Waals surface area contributed by atoms with Crippen LogP contribution in [0.15, 0.2) is 59.0 Å². The lowest BCUT2D eigenvalue weighted by atomic mass is 10.0. The highest BCUT2D eigenvalue weighted by molar-refractivity contribution is 5.79. The molecule has 5 heteroatoms. The van der Waals surface area contributed by atoms with Crippen molar-refractivity contribution in [2.75, 3.05) is 6.61 Å². The molecule has 1 atom stereocenters. The van der Waals surface area contributed by atoms with Gasteiger partial charge in [-0.3, -0.25) is 4.79 Å². The number of aromatic nitrogens is 1. The van der Waals surface area contributed by atoms with Crippen LogP contribution in [0, 0.1) is 6.92 Å². The third-order valence-corrected chi connectivity index (χ3v) is 4.54. The summed E-state index contributed by atoms with van der Waals surface area (Å²) in [6.07, 6.45) is 0.956. The number of rotatable bonds is 4. The van der Waals surface area contributed by atoms with Gasteiger partial charge in [-0.15, -0.1) is 0 Å². The summed E-state index contributed by atoms with van der Waals surface area (Å²) in [7, 11) is 0. The van der Waals surface area contributed by atoms with Crippen LogP contribution in [0.5, 0.6) is 5.75 Å². The number of benzene rings is 2. The van der Waals surface area contributed by atoms with Gasteiger partial charge < -0.3 is 14.5 Å². The minimum Gasteiger partial charge on any atom is -0.493 e. The van der Waals surface area contributed by atoms with Gasteiger partial charge in [0.1, 0.15) is 11.5 Å². The summed E-state index contributed by atoms with van der Waals surface area (Å²) in [6.45, 7) is 2.44. The summed E-state index contributed by atoms with van der Waals surface area (Å²) < 4.78 is 11.4. The molecule has 0 fully saturated rings. The van der Waals surface area contributed by atoms with Gasteiger partial charge in [0, 0.05) is 17.5 Å². The molecule has 0 radical (unpaired) electrons. The maximum Gasteiger partial charge on any atom is 0.226 e. The average Bonchev–Trinajstić information content (AvgIpc) is 3.03. The van der Waals surface area contributed by atoms with Gasteiger partial charge in [-0.05, 0) is 25.1 Å². The molecule has 1 N–H and O–H groups in total. The van der Waals surface area contributed by atoms with Gasteiger partial charge in [-0.25, -0.2) is 4.98 Å². The molecule has 2 heterocycles. The molecule has 1 unspecified atom stereocenters. The zero-order chi connectivity index (χ0) is 17.9. The molecule has 2 aromatic carbocycles. The molecular weight excluding hydrogens is 328 g/mol. The number of oxazole rings is 1. The minimum absolute atomic E-state index is 0.0340. The van der Waals surface area contributed by atoms with E-state index in [4.69, 9.17) is 9.15 Å². The predicted octanol–water partition coefficient (Wildman–Crippen LogP) is 3.83. The molecule has 0 saturated heterocycles. The van der Waals surface area contributed by atoms with Crippen LogP contribution < -0.4 is 10.1 Å². The quantitative estimate of drug-likeness (QED) is 0.778. The lowest BCUT2D eigenvalue weighted by Gasteiger charge is -2.26. The number of carbonyl (C=O) groups is 1. The topological polar surface area (TPSA) is 64.4 Å². The molecule has 0 aliphatic carbocycles. The van der Waals surface area contributed by atoms with Gasteiger partial charge in [0.05, 0.1) is 24.8 Å². The van der Waals surface area contributed by atoms with E-state index >= 15 is 0 Å². The Morgan fingerprint density at radius 2 is 1.92 bits per heavy atom. The lowest BCUT2D eigenvalue weighted by Crippen LogP contribution is -2.33. The Kier molecular flexibility index (Phi) is 4.44. The zero-order valence-electron chi connectivity index (χ0n) is 14.6. The van der Waals surface area contributed by atoms with Gasteiger partial charge in [0.25, 0.3) is 0 Å². The van der Waals surface area contributed by atoms with E-state index < -0.39 is 0 Å². The smallest absolute Gasteiger partial charge is 0.226 e. The average molecular weight is 348 g/mol. The Morgan fingerprint density at radius 1 is 1.15 bits per heavy atom. The minimum atomic E-state index is -0.0669. The molecule has 1 amide bonds. The van der Waals surface area contributed by atoms with Crippen LogP contribution in [0.4, 0.5) is 0 Å². The van der Waals surface area contributed by atoms with Gasteiger partial charge in [-0.2, -0.15) is 0 Å². The summed E-state index contributed by atoms with van der Waals surface area (Å²) in [5.41, 5.74) is 2.59. The summed E-state index contributed by atoms with van der Waals surface area (Å²) in [5, 5.41) is 3.10. The number of carbonyl (C=O) groups excluding carboxylic acids is 1. The van der Waals surface area contributed by atoms with Crippen molar-refractivity contribution in [3.8, 4) is 17.2 Å². The third-order valence-electron chi connectivity index (χ3n) is 4.54. The number of ether oxygens (including phenoxy) is 1. The standard InChI is InChI=1S/C21H20N2O3/c1-14-18(23-21(26-14)15-7-3-2-4-8-15)13-20(24)22-17-11-12-25-19-10-6-5-9-16(17)19/h2-10,17H,11-13H2,1H3,(H,22,24). The van der Waals surface area contributed by atoms with Crippen LogP contribution in [0.3, 0.4) is 0 Å². The number of aryl methyl sites for hydroxylation is 1. The van der Waals surface area contributed by atoms with Gasteiger partial charge in [0.2, 0.25) is 11.8 Å². The van der Waals surface area contributed by atoms with Gasteiger partial charge in [-0.1, -0.05) is 36.4 Å². The molecule has 0 spiro atoms. The van der Waals surface area contributed by atoms with E-state index in [0.29, 0.717) is 24.0 Å². The van der Waals surface area contributed by atoms with Crippen molar-refractivity contribution in [3.05, 3.63) is 71.6 Å². The molecule has 5 nitrogen and oxygen atoms in total. The van der Waals surface area contributed by atoms with E-state index in [-0.39, 0.29) is 18.4 Å². The Morgan fingerprint density at radius 3 is 2.77 bits per heavy atom. The number of amides is 1. The summed E-state index contributed by atoms with van der Waals surface area (Å²) in [5.74, 6) is 1.99. The van der Waals surface area contributed by atoms with Crippen LogP contribution in [-0.2, 0) is 11.2 Å². The Bertz CT molecular complexity index is 918. The molecule has 26 heavy (non-hydrogen) atoms. The van der Waals surface area contributed by atoms with Gasteiger partial charge in [0.15, 0.2) is 0 Å². The fourth-order valence-electron chi connectivity index (χ4n) is 3.19. The van der Waals surface area contributed by atoms with E-state index in [9.17, 15) is 4.79 Å². The third kappa shape index (κ3) is 3.33. The van der Waals surface area contributed by atoms with Crippen molar-refractivity contribution in [2.24, 2.45) is 0 Å². The monoisotopic (exact) mass is 348 g/mol. The first-order chi connectivity index (χ1) is 12.7. The van der Waals surface area contributed by atoms with E-state index in [0.717, 1.165) is 23.3 Å². The van der Waals surface area contributed by atoms with Crippen molar-refractivity contribution in [3.63, 3.8) is 0 Å². The molecule has 1 aromatic heterocycles. The number of fused-ring (bicyclic) bond motifs is 1. The number of hydrogen-bond acceptors (Lipinski definition) is 4. The van der Waals surface area contributed by atoms with Crippen molar-refractivity contribution in [1.82, 2.24) is 10.3 Å². The first kappa shape index (κ1) is 16.4. The fourth-order valence-corrected chi connectivity index (χ4v) is 3.19. The Hall–Kier alpha value is -3.08. The van der Waals surface area contributed by atoms with Gasteiger partial charge >= 0.3 is 0 Å². The van der Waals surface area contributed by atoms with Crippen LogP contribution in [0.1, 0.15) is 29.5 Å². The first-order valence-corrected chi connectivity index (χ1v) is 8.73. The molecular formula is C21H20N2O3. The van der Waals surface area contributed by atoms with Crippen LogP contribution in [0.25, 0.3) is 11.5 Å². The molecule has 0 bridgehead atoms. The first-order valence-electron chi connectivity index (χ1n) is 8.73. The van der Waals surface area contributed by atoms with Crippen LogP contribution in [-0.4, -0.2) is 17.5 Å². The van der Waals surface area contributed by atoms with Crippen LogP contribution >= 0.6 is 0 Å². The van der Waals surface area contributed by atoms with E-state index in [1.165, 1.54) is 0 Å². The molecule has 132 valence electrons. The number of nitrogens with zero attached hydrogens (tertiary/aromatic N) is 1. The maximum atomic E-state index is 12.6. The summed E-state index contributed by atoms with van der Waals surface area (Å²) >= 11 is 0. The molecule has 1 aliphatic rings. The molecule has 4 rings (SSSR count). The zero-order valence-corrected chi connectivity index (χ0v) is 14.6. The Balaban J connectivity index is 1.47. The summed E-state index contributed by atoms with van der Waals surface area (Å²) in [4.78, 5) is 17.1. The van der Waals surface area contributed by atoms with Crippen LogP contribution in [0.2, 0.25) is 0 Å². The van der Waals surface area contributed by atoms with Crippen molar-refractivity contribution in [2.45, 2.75) is 25.8 Å². The predicted molar refractivity (Wildman–Crippen MR) is 97.8 cm³/mol. The second-order valence-corrected chi connectivity index (χ2v) is 6.36. The van der Waals surface area contributed by atoms with E-state index in [1.807, 2.05) is 61.5 Å². The second kappa shape index (κ2) is 7.04. The highest BCUT2D eigenvalue weighted by atomic mass is 16.5.